The predicted molar refractivity (Wildman–Crippen MR) is 217 cm³/mol. The number of rotatable bonds is 37. The number of hydrogen-bond donors (Lipinski definition) is 0. The van der Waals surface area contributed by atoms with Gasteiger partial charge in [-0.15, -0.1) is 0 Å². The number of phosphoric ester groups is 1. The molecule has 0 aromatic rings. The normalized spacial score (nSPS) is 14.5. The van der Waals surface area contributed by atoms with E-state index in [4.69, 9.17) is 18.5 Å². The summed E-state index contributed by atoms with van der Waals surface area (Å²) < 4.78 is 34.5. The van der Waals surface area contributed by atoms with E-state index in [1.807, 2.05) is 21.1 Å². The maximum absolute atomic E-state index is 12.6. The summed E-state index contributed by atoms with van der Waals surface area (Å²) in [5, 5.41) is 0. The van der Waals surface area contributed by atoms with E-state index >= 15 is 0 Å². The highest BCUT2D eigenvalue weighted by Gasteiger charge is 2.20. The van der Waals surface area contributed by atoms with Gasteiger partial charge in [-0.2, -0.15) is 0 Å². The van der Waals surface area contributed by atoms with Crippen LogP contribution >= 0.6 is 7.82 Å². The number of nitrogens with zero attached hydrogens (tertiary/aromatic N) is 1. The predicted octanol–water partition coefficient (Wildman–Crippen LogP) is 11.1. The van der Waals surface area contributed by atoms with Gasteiger partial charge in [0.2, 0.25) is 0 Å². The maximum atomic E-state index is 12.6. The van der Waals surface area contributed by atoms with E-state index in [1.54, 1.807) is 0 Å². The summed E-state index contributed by atoms with van der Waals surface area (Å²) in [7, 11) is 1.32. The second-order valence-electron chi connectivity index (χ2n) is 14.6. The number of carbonyl (C=O) groups excluding carboxylic acids is 1. The summed E-state index contributed by atoms with van der Waals surface area (Å²) in [4.78, 5) is 25.0. The molecule has 0 saturated carbocycles. The molecule has 302 valence electrons. The highest BCUT2D eigenvalue weighted by atomic mass is 31.2. The van der Waals surface area contributed by atoms with Crippen molar-refractivity contribution in [1.82, 2.24) is 0 Å². The van der Waals surface area contributed by atoms with Crippen LogP contribution in [0.4, 0.5) is 0 Å². The van der Waals surface area contributed by atoms with Gasteiger partial charge in [0, 0.05) is 13.0 Å². The molecular weight excluding hydrogens is 673 g/mol. The van der Waals surface area contributed by atoms with E-state index in [9.17, 15) is 14.3 Å². The van der Waals surface area contributed by atoms with Crippen LogP contribution in [0.5, 0.6) is 0 Å². The number of esters is 1. The molecule has 0 aliphatic carbocycles. The van der Waals surface area contributed by atoms with Crippen molar-refractivity contribution in [2.24, 2.45) is 0 Å². The summed E-state index contributed by atoms with van der Waals surface area (Å²) in [6, 6.07) is 0. The topological polar surface area (TPSA) is 94.1 Å². The first-order valence-electron chi connectivity index (χ1n) is 20.5. The summed E-state index contributed by atoms with van der Waals surface area (Å²) in [5.41, 5.74) is 0. The van der Waals surface area contributed by atoms with Crippen molar-refractivity contribution in [1.29, 1.82) is 0 Å². The van der Waals surface area contributed by atoms with Gasteiger partial charge in [-0.3, -0.25) is 9.36 Å². The average Bonchev–Trinajstić information content (AvgIpc) is 3.09. The Kier molecular flexibility index (Phi) is 34.9. The molecule has 8 nitrogen and oxygen atoms in total. The molecule has 0 radical (unpaired) electrons. The highest BCUT2D eigenvalue weighted by Crippen LogP contribution is 2.38. The number of hydrogen-bond acceptors (Lipinski definition) is 7. The van der Waals surface area contributed by atoms with Gasteiger partial charge in [0.15, 0.2) is 0 Å². The summed E-state index contributed by atoms with van der Waals surface area (Å²) in [5.74, 6) is -0.362. The fraction of sp³-hybridized carbons (Fsp3) is 0.744. The molecule has 2 unspecified atom stereocenters. The Morgan fingerprint density at radius 1 is 0.615 bits per heavy atom. The number of phosphoric acid groups is 1. The van der Waals surface area contributed by atoms with Crippen LogP contribution < -0.4 is 4.89 Å². The molecule has 0 saturated heterocycles. The first kappa shape index (κ1) is 50.2. The fourth-order valence-electron chi connectivity index (χ4n) is 5.12. The lowest BCUT2D eigenvalue weighted by atomic mass is 10.1. The number of carbonyl (C=O) groups is 1. The van der Waals surface area contributed by atoms with E-state index in [0.717, 1.165) is 70.6 Å². The summed E-state index contributed by atoms with van der Waals surface area (Å²) in [6.07, 6.45) is 43.7. The van der Waals surface area contributed by atoms with E-state index in [-0.39, 0.29) is 32.2 Å². The minimum atomic E-state index is -4.53. The van der Waals surface area contributed by atoms with Crippen LogP contribution in [-0.2, 0) is 27.9 Å². The van der Waals surface area contributed by atoms with Crippen LogP contribution in [0.3, 0.4) is 0 Å². The molecule has 0 bridgehead atoms. The molecular formula is C43H78NO7P. The van der Waals surface area contributed by atoms with Crippen molar-refractivity contribution in [2.75, 3.05) is 54.1 Å². The van der Waals surface area contributed by atoms with Gasteiger partial charge in [-0.25, -0.2) is 0 Å². The number of unbranched alkanes of at least 4 members (excludes halogenated alkanes) is 13. The molecule has 9 heteroatoms. The third-order valence-corrected chi connectivity index (χ3v) is 9.27. The van der Waals surface area contributed by atoms with Crippen molar-refractivity contribution in [3.05, 3.63) is 60.8 Å². The van der Waals surface area contributed by atoms with Crippen LogP contribution in [-0.4, -0.2) is 70.7 Å². The lowest BCUT2D eigenvalue weighted by Gasteiger charge is -2.28. The SMILES string of the molecule is CC/C=C\C/C=C\C/C=C\C/C=C\CCCCCCC(=O)OC(COCCCCCCCC/C=C\CCCCC)COP(=O)([O-])OCC[N+](C)(C)C. The van der Waals surface area contributed by atoms with E-state index < -0.39 is 13.9 Å². The van der Waals surface area contributed by atoms with E-state index in [1.165, 1.54) is 57.8 Å². The molecule has 0 heterocycles. The molecule has 52 heavy (non-hydrogen) atoms. The van der Waals surface area contributed by atoms with Gasteiger partial charge in [0.25, 0.3) is 7.82 Å². The Bertz CT molecular complexity index is 1020. The summed E-state index contributed by atoms with van der Waals surface area (Å²) in [6.45, 7) is 5.21. The zero-order valence-electron chi connectivity index (χ0n) is 34.0. The zero-order chi connectivity index (χ0) is 38.4. The van der Waals surface area contributed by atoms with Crippen molar-refractivity contribution in [3.8, 4) is 0 Å². The minimum absolute atomic E-state index is 0.0171. The summed E-state index contributed by atoms with van der Waals surface area (Å²) >= 11 is 0. The molecule has 0 amide bonds. The van der Waals surface area contributed by atoms with Crippen molar-refractivity contribution >= 4 is 13.8 Å². The number of quaternary nitrogens is 1. The van der Waals surface area contributed by atoms with Crippen molar-refractivity contribution in [2.45, 2.75) is 155 Å². The molecule has 0 rings (SSSR count). The smallest absolute Gasteiger partial charge is 0.306 e. The molecule has 2 atom stereocenters. The van der Waals surface area contributed by atoms with E-state index in [2.05, 4.69) is 74.6 Å². The molecule has 0 N–H and O–H groups in total. The van der Waals surface area contributed by atoms with Crippen molar-refractivity contribution in [3.63, 3.8) is 0 Å². The molecule has 0 aliphatic rings. The third-order valence-electron chi connectivity index (χ3n) is 8.30. The van der Waals surface area contributed by atoms with Crippen LogP contribution in [0.2, 0.25) is 0 Å². The standard InChI is InChI=1S/C43H78NO7P/c1-6-8-10-12-14-16-18-20-21-22-23-24-26-28-30-32-34-36-43(45)51-42(41-50-52(46,47)49-39-37-44(3,4)5)40-48-38-35-33-31-29-27-25-19-17-15-13-11-9-7-2/h8,10,14-17,20-21,23-24,42H,6-7,9,11-13,18-19,22,25-41H2,1-5H3/b10-8-,16-14-,17-15-,21-20-,24-23-. The Labute approximate surface area is 320 Å². The third kappa shape index (κ3) is 39.4. The fourth-order valence-corrected chi connectivity index (χ4v) is 5.85. The first-order chi connectivity index (χ1) is 25.1. The monoisotopic (exact) mass is 752 g/mol. The largest absolute Gasteiger partial charge is 0.756 e. The van der Waals surface area contributed by atoms with Gasteiger partial charge < -0.3 is 27.9 Å². The first-order valence-corrected chi connectivity index (χ1v) is 22.0. The Hall–Kier alpha value is -1.80. The average molecular weight is 752 g/mol. The molecule has 0 aromatic heterocycles. The number of ether oxygens (including phenoxy) is 2. The maximum Gasteiger partial charge on any atom is 0.306 e. The Balaban J connectivity index is 4.34. The second kappa shape index (κ2) is 36.2. The second-order valence-corrected chi connectivity index (χ2v) is 16.0. The number of allylic oxidation sites excluding steroid dienone is 10. The van der Waals surface area contributed by atoms with Gasteiger partial charge in [0.05, 0.1) is 34.4 Å². The molecule has 0 aliphatic heterocycles. The van der Waals surface area contributed by atoms with Gasteiger partial charge in [-0.1, -0.05) is 126 Å². The van der Waals surface area contributed by atoms with Gasteiger partial charge in [0.1, 0.15) is 19.3 Å². The Morgan fingerprint density at radius 2 is 1.12 bits per heavy atom. The lowest BCUT2D eigenvalue weighted by Crippen LogP contribution is -2.37. The van der Waals surface area contributed by atoms with Crippen LogP contribution in [0, 0.1) is 0 Å². The Morgan fingerprint density at radius 3 is 1.69 bits per heavy atom. The quantitative estimate of drug-likeness (QED) is 0.0205. The zero-order valence-corrected chi connectivity index (χ0v) is 34.9. The van der Waals surface area contributed by atoms with Gasteiger partial charge in [-0.05, 0) is 77.0 Å². The molecule has 0 spiro atoms. The lowest BCUT2D eigenvalue weighted by molar-refractivity contribution is -0.870. The molecule has 0 fully saturated rings. The van der Waals surface area contributed by atoms with Crippen LogP contribution in [0.15, 0.2) is 60.8 Å². The number of likely N-dealkylation sites (N-methyl/N-ethyl adjacent to an activating group) is 1. The minimum Gasteiger partial charge on any atom is -0.756 e. The van der Waals surface area contributed by atoms with Gasteiger partial charge >= 0.3 is 5.97 Å². The van der Waals surface area contributed by atoms with Crippen LogP contribution in [0.1, 0.15) is 149 Å². The van der Waals surface area contributed by atoms with Crippen molar-refractivity contribution < 1.29 is 37.3 Å². The molecule has 0 aromatic carbocycles. The van der Waals surface area contributed by atoms with E-state index in [0.29, 0.717) is 17.6 Å². The highest BCUT2D eigenvalue weighted by molar-refractivity contribution is 7.45. The van der Waals surface area contributed by atoms with Crippen LogP contribution in [0.25, 0.3) is 0 Å².